The van der Waals surface area contributed by atoms with Crippen molar-refractivity contribution in [1.82, 2.24) is 0 Å². The van der Waals surface area contributed by atoms with E-state index >= 15 is 0 Å². The lowest BCUT2D eigenvalue weighted by Crippen LogP contribution is -2.30. The first-order chi connectivity index (χ1) is 3.46. The number of hydrogen-bond acceptors (Lipinski definition) is 4. The van der Waals surface area contributed by atoms with Gasteiger partial charge in [0.05, 0.1) is 0 Å². The van der Waals surface area contributed by atoms with Crippen LogP contribution in [-0.4, -0.2) is 15.4 Å². The van der Waals surface area contributed by atoms with E-state index < -0.39 is 14.8 Å². The molecule has 0 rings (SSSR count). The molecule has 0 saturated carbocycles. The standard InChI is InChI=1S/C3H8O.BrHO3/c1-3(2)4;2-1(3)4/h3-4H,1-2H3;2H. The van der Waals surface area contributed by atoms with E-state index in [9.17, 15) is 0 Å². The van der Waals surface area contributed by atoms with Crippen molar-refractivity contribution in [2.45, 2.75) is 20.0 Å². The summed E-state index contributed by atoms with van der Waals surface area (Å²) in [6.07, 6.45) is -0.167. The van der Waals surface area contributed by atoms with Crippen LogP contribution >= 0.6 is 0 Å². The molecule has 5 heteroatoms. The van der Waals surface area contributed by atoms with Crippen molar-refractivity contribution in [3.63, 3.8) is 0 Å². The number of hydrogen-bond donors (Lipinski definition) is 2. The van der Waals surface area contributed by atoms with Gasteiger partial charge in [0.25, 0.3) is 0 Å². The SMILES string of the molecule is CC(C)O.[O-][Br+2]([O-])O. The monoisotopic (exact) mass is 188 g/mol. The van der Waals surface area contributed by atoms with Crippen LogP contribution in [0.4, 0.5) is 0 Å². The Kier molecular flexibility index (Phi) is 10.2. The molecule has 0 atom stereocenters. The zero-order chi connectivity index (χ0) is 7.15. The molecule has 0 spiro atoms. The molecule has 4 nitrogen and oxygen atoms in total. The fourth-order valence-corrected chi connectivity index (χ4v) is 0. The molecule has 0 aliphatic rings. The molecule has 0 aromatic carbocycles. The Morgan fingerprint density at radius 2 is 1.38 bits per heavy atom. The van der Waals surface area contributed by atoms with Crippen molar-refractivity contribution in [1.29, 1.82) is 0 Å². The normalized spacial score (nSPS) is 9.00. The molecule has 0 saturated heterocycles. The predicted octanol–water partition coefficient (Wildman–Crippen LogP) is -2.55. The fourth-order valence-electron chi connectivity index (χ4n) is 0. The second kappa shape index (κ2) is 7.32. The van der Waals surface area contributed by atoms with Crippen molar-refractivity contribution in [3.05, 3.63) is 0 Å². The fraction of sp³-hybridized carbons (Fsp3) is 1.00. The minimum atomic E-state index is -3.40. The summed E-state index contributed by atoms with van der Waals surface area (Å²) in [5.74, 6) is 0. The average Bonchev–Trinajstić information content (AvgIpc) is 1.25. The molecule has 0 aromatic heterocycles. The third-order valence-corrected chi connectivity index (χ3v) is 0. The summed E-state index contributed by atoms with van der Waals surface area (Å²) < 4.78 is 24.3. The number of rotatable bonds is 0. The topological polar surface area (TPSA) is 86.6 Å². The Hall–Kier alpha value is 0.320. The summed E-state index contributed by atoms with van der Waals surface area (Å²) in [5, 5.41) is 8.06. The molecule has 0 unspecified atom stereocenters. The third kappa shape index (κ3) is 1750. The molecule has 0 fully saturated rings. The van der Waals surface area contributed by atoms with Gasteiger partial charge >= 0.3 is 14.8 Å². The highest BCUT2D eigenvalue weighted by Crippen LogP contribution is 1.65. The maximum Gasteiger partial charge on any atom is 0.433 e. The van der Waals surface area contributed by atoms with Gasteiger partial charge in [-0.15, -0.1) is 0 Å². The Morgan fingerprint density at radius 3 is 1.38 bits per heavy atom. The molecule has 8 heavy (non-hydrogen) atoms. The lowest BCUT2D eigenvalue weighted by atomic mass is 10.5. The molecule has 0 amide bonds. The molecule has 0 heterocycles. The van der Waals surface area contributed by atoms with Gasteiger partial charge in [-0.25, -0.2) is 0 Å². The van der Waals surface area contributed by atoms with E-state index in [0.717, 1.165) is 0 Å². The zero-order valence-corrected chi connectivity index (χ0v) is 6.25. The van der Waals surface area contributed by atoms with E-state index in [2.05, 4.69) is 0 Å². The summed E-state index contributed by atoms with van der Waals surface area (Å²) in [4.78, 5) is 0. The number of aliphatic hydroxyl groups excluding tert-OH is 1. The van der Waals surface area contributed by atoms with Crippen molar-refractivity contribution in [3.8, 4) is 0 Å². The number of aliphatic hydroxyl groups is 1. The average molecular weight is 189 g/mol. The molecule has 0 bridgehead atoms. The zero-order valence-electron chi connectivity index (χ0n) is 4.67. The second-order valence-electron chi connectivity index (χ2n) is 1.29. The quantitative estimate of drug-likeness (QED) is 0.439. The first-order valence-electron chi connectivity index (χ1n) is 1.89. The first kappa shape index (κ1) is 11.2. The third-order valence-electron chi connectivity index (χ3n) is 0. The lowest BCUT2D eigenvalue weighted by Gasteiger charge is -1.80. The predicted molar refractivity (Wildman–Crippen MR) is 19.6 cm³/mol. The van der Waals surface area contributed by atoms with Crippen LogP contribution in [0, 0.1) is 14.8 Å². The molecule has 0 radical (unpaired) electrons. The van der Waals surface area contributed by atoms with Crippen LogP contribution in [-0.2, 0) is 0 Å². The molecule has 52 valence electrons. The van der Waals surface area contributed by atoms with E-state index in [0.29, 0.717) is 0 Å². The molecule has 0 aromatic rings. The highest BCUT2D eigenvalue weighted by molar-refractivity contribution is 4.20. The maximum absolute atomic E-state index is 8.63. The molecule has 0 aliphatic carbocycles. The van der Waals surface area contributed by atoms with Gasteiger partial charge in [0.1, 0.15) is 0 Å². The molecule has 0 aliphatic heterocycles. The van der Waals surface area contributed by atoms with E-state index in [1.165, 1.54) is 0 Å². The van der Waals surface area contributed by atoms with Gasteiger partial charge in [0.15, 0.2) is 0 Å². The molecular weight excluding hydrogens is 180 g/mol. The van der Waals surface area contributed by atoms with Gasteiger partial charge < -0.3 is 13.5 Å². The van der Waals surface area contributed by atoms with Crippen LogP contribution < -0.4 is 8.40 Å². The van der Waals surface area contributed by atoms with Crippen molar-refractivity contribution in [2.24, 2.45) is 0 Å². The second-order valence-corrected chi connectivity index (χ2v) is 2.14. The van der Waals surface area contributed by atoms with E-state index in [1.807, 2.05) is 0 Å². The van der Waals surface area contributed by atoms with E-state index in [1.54, 1.807) is 13.8 Å². The van der Waals surface area contributed by atoms with Gasteiger partial charge in [-0.2, -0.15) is 0 Å². The summed E-state index contributed by atoms with van der Waals surface area (Å²) in [6.45, 7) is 3.44. The lowest BCUT2D eigenvalue weighted by molar-refractivity contribution is -1.63. The Labute approximate surface area is 53.2 Å². The van der Waals surface area contributed by atoms with Gasteiger partial charge in [-0.05, 0) is 18.0 Å². The highest BCUT2D eigenvalue weighted by Gasteiger charge is 1.86. The van der Waals surface area contributed by atoms with Crippen LogP contribution in [0.3, 0.4) is 0 Å². The smallest absolute Gasteiger partial charge is 0.394 e. The van der Waals surface area contributed by atoms with Crippen LogP contribution in [0.5, 0.6) is 0 Å². The minimum Gasteiger partial charge on any atom is -0.394 e. The summed E-state index contributed by atoms with van der Waals surface area (Å²) in [5.41, 5.74) is 0. The Balaban J connectivity index is 0. The summed E-state index contributed by atoms with van der Waals surface area (Å²) >= 11 is -3.40. The first-order valence-corrected chi connectivity index (χ1v) is 3.89. The number of halogens is 1. The van der Waals surface area contributed by atoms with E-state index in [4.69, 9.17) is 17.7 Å². The van der Waals surface area contributed by atoms with Crippen molar-refractivity contribution in [2.75, 3.05) is 0 Å². The largest absolute Gasteiger partial charge is 0.433 e. The van der Waals surface area contributed by atoms with Crippen LogP contribution in [0.2, 0.25) is 0 Å². The minimum absolute atomic E-state index is 0.167. The van der Waals surface area contributed by atoms with Crippen molar-refractivity contribution < 1.29 is 32.5 Å². The summed E-state index contributed by atoms with van der Waals surface area (Å²) in [6, 6.07) is 0. The van der Waals surface area contributed by atoms with Gasteiger partial charge in [-0.1, -0.05) is 0 Å². The molecular formula is C3H9BrO4. The van der Waals surface area contributed by atoms with Gasteiger partial charge in [0.2, 0.25) is 0 Å². The van der Waals surface area contributed by atoms with Gasteiger partial charge in [-0.3, -0.25) is 0 Å². The van der Waals surface area contributed by atoms with Crippen LogP contribution in [0.15, 0.2) is 0 Å². The Bertz CT molecular complexity index is 26.8. The van der Waals surface area contributed by atoms with Crippen LogP contribution in [0.1, 0.15) is 13.8 Å². The maximum atomic E-state index is 8.63. The Morgan fingerprint density at radius 1 is 1.38 bits per heavy atom. The van der Waals surface area contributed by atoms with Crippen molar-refractivity contribution >= 4 is 0 Å². The summed E-state index contributed by atoms with van der Waals surface area (Å²) in [7, 11) is 0. The van der Waals surface area contributed by atoms with Gasteiger partial charge in [0, 0.05) is 6.10 Å². The van der Waals surface area contributed by atoms with E-state index in [-0.39, 0.29) is 6.10 Å². The molecule has 2 N–H and O–H groups in total. The van der Waals surface area contributed by atoms with Crippen LogP contribution in [0.25, 0.3) is 0 Å². The highest BCUT2D eigenvalue weighted by atomic mass is 80.0.